The molecule has 0 aliphatic carbocycles. The normalized spacial score (nSPS) is 12.4. The number of aryl methyl sites for hydroxylation is 1. The Hall–Kier alpha value is -2.29. The Morgan fingerprint density at radius 3 is 2.81 bits per heavy atom. The van der Waals surface area contributed by atoms with Crippen LogP contribution in [-0.2, 0) is 4.74 Å². The SMILES string of the molecule is Cc1ccc(C(=O)O[C@@H](C)c2nc3scc(-c4cccs4)c3c(=O)[nH]2)s1. The van der Waals surface area contributed by atoms with Crippen LogP contribution in [0.5, 0.6) is 0 Å². The van der Waals surface area contributed by atoms with Crippen LogP contribution in [0.4, 0.5) is 0 Å². The molecule has 4 heterocycles. The van der Waals surface area contributed by atoms with Crippen LogP contribution >= 0.6 is 34.0 Å². The van der Waals surface area contributed by atoms with E-state index in [2.05, 4.69) is 9.97 Å². The van der Waals surface area contributed by atoms with E-state index < -0.39 is 12.1 Å². The van der Waals surface area contributed by atoms with E-state index in [1.54, 1.807) is 24.3 Å². The van der Waals surface area contributed by atoms with Crippen molar-refractivity contribution >= 4 is 50.2 Å². The number of fused-ring (bicyclic) bond motifs is 1. The van der Waals surface area contributed by atoms with Gasteiger partial charge in [-0.15, -0.1) is 34.0 Å². The molecule has 4 aromatic rings. The van der Waals surface area contributed by atoms with Crippen molar-refractivity contribution in [2.24, 2.45) is 0 Å². The van der Waals surface area contributed by atoms with E-state index >= 15 is 0 Å². The monoisotopic (exact) mass is 402 g/mol. The largest absolute Gasteiger partial charge is 0.450 e. The second-order valence-corrected chi connectivity index (χ2v) is 8.81. The zero-order valence-corrected chi connectivity index (χ0v) is 16.4. The first-order chi connectivity index (χ1) is 12.5. The Morgan fingerprint density at radius 1 is 1.27 bits per heavy atom. The third kappa shape index (κ3) is 3.11. The number of aromatic nitrogens is 2. The fourth-order valence-corrected chi connectivity index (χ4v) is 5.11. The van der Waals surface area contributed by atoms with E-state index in [1.165, 1.54) is 22.7 Å². The van der Waals surface area contributed by atoms with E-state index in [-0.39, 0.29) is 5.56 Å². The lowest BCUT2D eigenvalue weighted by atomic mass is 10.2. The van der Waals surface area contributed by atoms with Crippen molar-refractivity contribution in [3.8, 4) is 10.4 Å². The number of esters is 1. The molecule has 0 aliphatic rings. The predicted octanol–water partition coefficient (Wildman–Crippen LogP) is 5.00. The van der Waals surface area contributed by atoms with Gasteiger partial charge >= 0.3 is 5.97 Å². The predicted molar refractivity (Wildman–Crippen MR) is 106 cm³/mol. The van der Waals surface area contributed by atoms with Crippen LogP contribution in [0, 0.1) is 6.92 Å². The van der Waals surface area contributed by atoms with Gasteiger partial charge in [-0.2, -0.15) is 0 Å². The molecule has 0 amide bonds. The maximum absolute atomic E-state index is 12.6. The summed E-state index contributed by atoms with van der Waals surface area (Å²) in [5, 5.41) is 4.49. The standard InChI is InChI=1S/C18H14N2O3S3/c1-9-5-6-13(26-9)18(22)23-10(2)15-19-16(21)14-11(8-25-17(14)20-15)12-4-3-7-24-12/h3-8,10H,1-2H3,(H,19,20,21)/t10-/m0/s1. The van der Waals surface area contributed by atoms with Crippen molar-refractivity contribution in [1.29, 1.82) is 0 Å². The van der Waals surface area contributed by atoms with E-state index in [1.807, 2.05) is 35.9 Å². The molecule has 0 radical (unpaired) electrons. The number of hydrogen-bond donors (Lipinski definition) is 1. The molecule has 1 N–H and O–H groups in total. The first-order valence-electron chi connectivity index (χ1n) is 7.85. The minimum atomic E-state index is -0.644. The van der Waals surface area contributed by atoms with Gasteiger partial charge in [0.1, 0.15) is 9.71 Å². The summed E-state index contributed by atoms with van der Waals surface area (Å²) in [6.45, 7) is 3.63. The summed E-state index contributed by atoms with van der Waals surface area (Å²) in [5.41, 5.74) is 0.670. The average molecular weight is 403 g/mol. The number of carbonyl (C=O) groups excluding carboxylic acids is 1. The molecular weight excluding hydrogens is 388 g/mol. The van der Waals surface area contributed by atoms with Crippen molar-refractivity contribution in [3.63, 3.8) is 0 Å². The van der Waals surface area contributed by atoms with E-state index in [0.717, 1.165) is 15.3 Å². The van der Waals surface area contributed by atoms with Crippen molar-refractivity contribution in [3.05, 3.63) is 61.0 Å². The van der Waals surface area contributed by atoms with Gasteiger partial charge in [0.25, 0.3) is 5.56 Å². The molecule has 26 heavy (non-hydrogen) atoms. The lowest BCUT2D eigenvalue weighted by Gasteiger charge is -2.11. The van der Waals surface area contributed by atoms with Crippen LogP contribution in [0.2, 0.25) is 0 Å². The molecule has 0 aromatic carbocycles. The third-order valence-corrected chi connectivity index (χ3v) is 6.62. The van der Waals surface area contributed by atoms with Gasteiger partial charge in [0.05, 0.1) is 5.39 Å². The van der Waals surface area contributed by atoms with Crippen LogP contribution in [0.3, 0.4) is 0 Å². The van der Waals surface area contributed by atoms with Crippen molar-refractivity contribution < 1.29 is 9.53 Å². The highest BCUT2D eigenvalue weighted by atomic mass is 32.1. The Labute approximate surface area is 160 Å². The van der Waals surface area contributed by atoms with E-state index in [4.69, 9.17) is 4.74 Å². The molecule has 0 unspecified atom stereocenters. The first kappa shape index (κ1) is 17.1. The van der Waals surface area contributed by atoms with Crippen LogP contribution in [0.25, 0.3) is 20.7 Å². The minimum absolute atomic E-state index is 0.218. The number of nitrogens with one attached hydrogen (secondary N) is 1. The van der Waals surface area contributed by atoms with Crippen LogP contribution in [0.1, 0.15) is 33.4 Å². The highest BCUT2D eigenvalue weighted by Crippen LogP contribution is 2.34. The van der Waals surface area contributed by atoms with Gasteiger partial charge in [-0.3, -0.25) is 4.79 Å². The zero-order chi connectivity index (χ0) is 18.3. The Balaban J connectivity index is 1.65. The van der Waals surface area contributed by atoms with Gasteiger partial charge in [0, 0.05) is 20.7 Å². The molecule has 0 aliphatic heterocycles. The number of rotatable bonds is 4. The van der Waals surface area contributed by atoms with Crippen molar-refractivity contribution in [1.82, 2.24) is 9.97 Å². The maximum atomic E-state index is 12.6. The van der Waals surface area contributed by atoms with Gasteiger partial charge in [0.2, 0.25) is 0 Å². The number of carbonyl (C=O) groups is 1. The maximum Gasteiger partial charge on any atom is 0.349 e. The smallest absolute Gasteiger partial charge is 0.349 e. The lowest BCUT2D eigenvalue weighted by molar-refractivity contribution is 0.0326. The van der Waals surface area contributed by atoms with E-state index in [0.29, 0.717) is 20.9 Å². The molecule has 1 atom stereocenters. The number of aromatic amines is 1. The molecule has 0 saturated carbocycles. The summed E-state index contributed by atoms with van der Waals surface area (Å²) in [7, 11) is 0. The summed E-state index contributed by atoms with van der Waals surface area (Å²) in [5.74, 6) is -0.0625. The van der Waals surface area contributed by atoms with Crippen molar-refractivity contribution in [2.45, 2.75) is 20.0 Å². The molecule has 4 aromatic heterocycles. The highest BCUT2D eigenvalue weighted by Gasteiger charge is 2.20. The molecule has 0 fully saturated rings. The van der Waals surface area contributed by atoms with Crippen LogP contribution < -0.4 is 5.56 Å². The number of thiophene rings is 3. The van der Waals surface area contributed by atoms with Gasteiger partial charge in [-0.05, 0) is 37.4 Å². The minimum Gasteiger partial charge on any atom is -0.450 e. The van der Waals surface area contributed by atoms with Crippen LogP contribution in [0.15, 0.2) is 39.8 Å². The number of H-pyrrole nitrogens is 1. The molecule has 5 nitrogen and oxygen atoms in total. The molecule has 8 heteroatoms. The lowest BCUT2D eigenvalue weighted by Crippen LogP contribution is -2.16. The summed E-state index contributed by atoms with van der Waals surface area (Å²) in [6.07, 6.45) is -0.644. The Morgan fingerprint density at radius 2 is 2.12 bits per heavy atom. The molecule has 132 valence electrons. The summed E-state index contributed by atoms with van der Waals surface area (Å²) < 4.78 is 5.46. The molecule has 0 spiro atoms. The van der Waals surface area contributed by atoms with Crippen molar-refractivity contribution in [2.75, 3.05) is 0 Å². The van der Waals surface area contributed by atoms with Gasteiger partial charge in [-0.1, -0.05) is 6.07 Å². The fraction of sp³-hybridized carbons (Fsp3) is 0.167. The van der Waals surface area contributed by atoms with E-state index in [9.17, 15) is 9.59 Å². The summed E-state index contributed by atoms with van der Waals surface area (Å²) >= 11 is 4.37. The summed E-state index contributed by atoms with van der Waals surface area (Å²) in [6, 6.07) is 7.54. The van der Waals surface area contributed by atoms with Gasteiger partial charge in [0.15, 0.2) is 11.9 Å². The molecule has 0 saturated heterocycles. The second-order valence-electron chi connectivity index (χ2n) is 5.72. The number of hydrogen-bond acceptors (Lipinski definition) is 7. The van der Waals surface area contributed by atoms with Crippen LogP contribution in [-0.4, -0.2) is 15.9 Å². The second kappa shape index (κ2) is 6.79. The average Bonchev–Trinajstić information content (AvgIpc) is 3.34. The van der Waals surface area contributed by atoms with Gasteiger partial charge < -0.3 is 9.72 Å². The quantitative estimate of drug-likeness (QED) is 0.488. The Bertz CT molecular complexity index is 1140. The number of nitrogens with zero attached hydrogens (tertiary/aromatic N) is 1. The summed E-state index contributed by atoms with van der Waals surface area (Å²) in [4.78, 5) is 35.4. The Kier molecular flexibility index (Phi) is 4.47. The zero-order valence-electron chi connectivity index (χ0n) is 13.9. The first-order valence-corrected chi connectivity index (χ1v) is 10.4. The topological polar surface area (TPSA) is 72.0 Å². The molecule has 0 bridgehead atoms. The fourth-order valence-electron chi connectivity index (χ4n) is 2.59. The molecular formula is C18H14N2O3S3. The molecule has 4 rings (SSSR count). The highest BCUT2D eigenvalue weighted by molar-refractivity contribution is 7.18. The van der Waals surface area contributed by atoms with Gasteiger partial charge in [-0.25, -0.2) is 9.78 Å². The number of ether oxygens (including phenoxy) is 1. The third-order valence-electron chi connectivity index (χ3n) is 3.86.